The molecule has 5 nitrogen and oxygen atoms in total. The number of likely N-dealkylation sites (tertiary alicyclic amines) is 1. The number of carbonyl (C=O) groups excluding carboxylic acids is 1. The summed E-state index contributed by atoms with van der Waals surface area (Å²) in [6.45, 7) is 3.42. The molecule has 3 rings (SSSR count). The SMILES string of the molecule is CC(=O)N1CCCC(Cc2cncc(-n3ccnc3)c2)C1. The minimum Gasteiger partial charge on any atom is -0.343 e. The average molecular weight is 284 g/mol. The predicted molar refractivity (Wildman–Crippen MR) is 80.0 cm³/mol. The lowest BCUT2D eigenvalue weighted by molar-refractivity contribution is -0.130. The Hall–Kier alpha value is -2.17. The van der Waals surface area contributed by atoms with Crippen LogP contribution >= 0.6 is 0 Å². The molecule has 21 heavy (non-hydrogen) atoms. The molecule has 1 aliphatic heterocycles. The second kappa shape index (κ2) is 6.08. The van der Waals surface area contributed by atoms with Crippen molar-refractivity contribution in [1.29, 1.82) is 0 Å². The van der Waals surface area contributed by atoms with Crippen molar-refractivity contribution >= 4 is 5.91 Å². The van der Waals surface area contributed by atoms with E-state index in [0.29, 0.717) is 5.92 Å². The Kier molecular flexibility index (Phi) is 3.99. The zero-order chi connectivity index (χ0) is 14.7. The van der Waals surface area contributed by atoms with Gasteiger partial charge in [0.2, 0.25) is 5.91 Å². The van der Waals surface area contributed by atoms with Gasteiger partial charge in [-0.05, 0) is 36.8 Å². The lowest BCUT2D eigenvalue weighted by atomic mass is 9.92. The summed E-state index contributed by atoms with van der Waals surface area (Å²) < 4.78 is 1.96. The lowest BCUT2D eigenvalue weighted by Gasteiger charge is -2.32. The van der Waals surface area contributed by atoms with Crippen LogP contribution in [0.15, 0.2) is 37.2 Å². The second-order valence-corrected chi connectivity index (χ2v) is 5.70. The molecule has 1 unspecified atom stereocenters. The summed E-state index contributed by atoms with van der Waals surface area (Å²) in [5, 5.41) is 0. The molecule has 1 fully saturated rings. The third-order valence-electron chi connectivity index (χ3n) is 4.07. The molecule has 0 N–H and O–H groups in total. The quantitative estimate of drug-likeness (QED) is 0.867. The molecular formula is C16H20N4O. The summed E-state index contributed by atoms with van der Waals surface area (Å²) in [7, 11) is 0. The molecule has 1 aliphatic rings. The highest BCUT2D eigenvalue weighted by atomic mass is 16.2. The van der Waals surface area contributed by atoms with Crippen LogP contribution in [0.2, 0.25) is 0 Å². The maximum atomic E-state index is 11.5. The molecule has 2 aromatic rings. The van der Waals surface area contributed by atoms with Gasteiger partial charge in [0.05, 0.1) is 18.2 Å². The highest BCUT2D eigenvalue weighted by molar-refractivity contribution is 5.73. The largest absolute Gasteiger partial charge is 0.343 e. The molecule has 2 aromatic heterocycles. The highest BCUT2D eigenvalue weighted by Gasteiger charge is 2.21. The number of hydrogen-bond acceptors (Lipinski definition) is 3. The topological polar surface area (TPSA) is 51.0 Å². The van der Waals surface area contributed by atoms with Crippen molar-refractivity contribution in [2.75, 3.05) is 13.1 Å². The minimum atomic E-state index is 0.185. The molecule has 1 saturated heterocycles. The van der Waals surface area contributed by atoms with Crippen LogP contribution in [0, 0.1) is 5.92 Å². The first-order valence-corrected chi connectivity index (χ1v) is 7.40. The van der Waals surface area contributed by atoms with E-state index >= 15 is 0 Å². The molecule has 3 heterocycles. The normalized spacial score (nSPS) is 18.7. The smallest absolute Gasteiger partial charge is 0.219 e. The van der Waals surface area contributed by atoms with Gasteiger partial charge in [-0.3, -0.25) is 9.78 Å². The number of amides is 1. The van der Waals surface area contributed by atoms with Gasteiger partial charge in [0, 0.05) is 38.6 Å². The maximum absolute atomic E-state index is 11.5. The van der Waals surface area contributed by atoms with Crippen LogP contribution in [0.5, 0.6) is 0 Å². The average Bonchev–Trinajstić information content (AvgIpc) is 3.02. The summed E-state index contributed by atoms with van der Waals surface area (Å²) in [6.07, 6.45) is 12.5. The number of pyridine rings is 1. The molecule has 0 aromatic carbocycles. The van der Waals surface area contributed by atoms with Gasteiger partial charge in [-0.25, -0.2) is 4.98 Å². The monoisotopic (exact) mass is 284 g/mol. The minimum absolute atomic E-state index is 0.185. The zero-order valence-corrected chi connectivity index (χ0v) is 12.3. The number of piperidine rings is 1. The first-order chi connectivity index (χ1) is 10.2. The third-order valence-corrected chi connectivity index (χ3v) is 4.07. The first-order valence-electron chi connectivity index (χ1n) is 7.40. The van der Waals surface area contributed by atoms with Crippen molar-refractivity contribution in [3.63, 3.8) is 0 Å². The van der Waals surface area contributed by atoms with E-state index in [4.69, 9.17) is 0 Å². The number of carbonyl (C=O) groups is 1. The van der Waals surface area contributed by atoms with Gasteiger partial charge in [-0.1, -0.05) is 0 Å². The number of imidazole rings is 1. The van der Waals surface area contributed by atoms with E-state index in [0.717, 1.165) is 31.6 Å². The van der Waals surface area contributed by atoms with Gasteiger partial charge in [0.25, 0.3) is 0 Å². The van der Waals surface area contributed by atoms with Crippen LogP contribution in [0.1, 0.15) is 25.3 Å². The molecule has 0 aliphatic carbocycles. The fourth-order valence-electron chi connectivity index (χ4n) is 2.99. The fraction of sp³-hybridized carbons (Fsp3) is 0.438. The molecule has 1 atom stereocenters. The van der Waals surface area contributed by atoms with Crippen molar-refractivity contribution < 1.29 is 4.79 Å². The Labute approximate surface area is 124 Å². The van der Waals surface area contributed by atoms with E-state index in [9.17, 15) is 4.79 Å². The Morgan fingerprint density at radius 3 is 3.05 bits per heavy atom. The number of hydrogen-bond donors (Lipinski definition) is 0. The Morgan fingerprint density at radius 1 is 1.38 bits per heavy atom. The van der Waals surface area contributed by atoms with Crippen LogP contribution in [0.3, 0.4) is 0 Å². The molecule has 1 amide bonds. The zero-order valence-electron chi connectivity index (χ0n) is 12.3. The van der Waals surface area contributed by atoms with Crippen LogP contribution < -0.4 is 0 Å². The van der Waals surface area contributed by atoms with Gasteiger partial charge >= 0.3 is 0 Å². The number of aromatic nitrogens is 3. The van der Waals surface area contributed by atoms with Crippen molar-refractivity contribution in [2.24, 2.45) is 5.92 Å². The van der Waals surface area contributed by atoms with Crippen molar-refractivity contribution in [3.8, 4) is 5.69 Å². The Balaban J connectivity index is 1.70. The molecule has 5 heteroatoms. The van der Waals surface area contributed by atoms with Gasteiger partial charge in [0.1, 0.15) is 0 Å². The Morgan fingerprint density at radius 2 is 2.29 bits per heavy atom. The summed E-state index contributed by atoms with van der Waals surface area (Å²) in [5.41, 5.74) is 2.25. The van der Waals surface area contributed by atoms with Gasteiger partial charge in [-0.15, -0.1) is 0 Å². The van der Waals surface area contributed by atoms with Crippen molar-refractivity contribution in [2.45, 2.75) is 26.2 Å². The first kappa shape index (κ1) is 13.8. The molecule has 0 saturated carbocycles. The summed E-state index contributed by atoms with van der Waals surface area (Å²) >= 11 is 0. The van der Waals surface area contributed by atoms with E-state index < -0.39 is 0 Å². The van der Waals surface area contributed by atoms with Crippen LogP contribution in [0.25, 0.3) is 5.69 Å². The summed E-state index contributed by atoms with van der Waals surface area (Å²) in [6, 6.07) is 2.15. The fourth-order valence-corrected chi connectivity index (χ4v) is 2.99. The molecule has 0 spiro atoms. The van der Waals surface area contributed by atoms with E-state index in [1.807, 2.05) is 28.1 Å². The number of rotatable bonds is 3. The summed E-state index contributed by atoms with van der Waals surface area (Å²) in [4.78, 5) is 21.9. The van der Waals surface area contributed by atoms with E-state index in [1.165, 1.54) is 12.0 Å². The molecular weight excluding hydrogens is 264 g/mol. The standard InChI is InChI=1S/C16H20N4O/c1-13(21)19-5-2-3-14(11-19)7-15-8-16(10-18-9-15)20-6-4-17-12-20/h4,6,8-10,12,14H,2-3,5,7,11H2,1H3. The molecule has 110 valence electrons. The molecule has 0 bridgehead atoms. The van der Waals surface area contributed by atoms with Gasteiger partial charge in [-0.2, -0.15) is 0 Å². The van der Waals surface area contributed by atoms with E-state index in [-0.39, 0.29) is 5.91 Å². The summed E-state index contributed by atoms with van der Waals surface area (Å²) in [5.74, 6) is 0.715. The van der Waals surface area contributed by atoms with Crippen molar-refractivity contribution in [1.82, 2.24) is 19.4 Å². The second-order valence-electron chi connectivity index (χ2n) is 5.70. The van der Waals surface area contributed by atoms with Gasteiger partial charge < -0.3 is 9.47 Å². The van der Waals surface area contributed by atoms with Crippen LogP contribution in [-0.4, -0.2) is 38.4 Å². The highest BCUT2D eigenvalue weighted by Crippen LogP contribution is 2.21. The van der Waals surface area contributed by atoms with Crippen molar-refractivity contribution in [3.05, 3.63) is 42.7 Å². The maximum Gasteiger partial charge on any atom is 0.219 e. The van der Waals surface area contributed by atoms with Gasteiger partial charge in [0.15, 0.2) is 0 Å². The Bertz CT molecular complexity index is 608. The van der Waals surface area contributed by atoms with Crippen LogP contribution in [-0.2, 0) is 11.2 Å². The van der Waals surface area contributed by atoms with E-state index in [2.05, 4.69) is 16.0 Å². The lowest BCUT2D eigenvalue weighted by Crippen LogP contribution is -2.39. The van der Waals surface area contributed by atoms with Crippen LogP contribution in [0.4, 0.5) is 0 Å². The number of nitrogens with zero attached hydrogens (tertiary/aromatic N) is 4. The third kappa shape index (κ3) is 3.29. The molecule has 0 radical (unpaired) electrons. The predicted octanol–water partition coefficient (Wildman–Crippen LogP) is 2.07. The van der Waals surface area contributed by atoms with E-state index in [1.54, 1.807) is 19.4 Å².